The maximum absolute atomic E-state index is 12.3. The van der Waals surface area contributed by atoms with E-state index in [0.29, 0.717) is 24.7 Å². The molecular formula is C31H44N2O4. The van der Waals surface area contributed by atoms with Crippen LogP contribution in [0, 0.1) is 0 Å². The molecule has 0 radical (unpaired) electrons. The molecule has 6 heteroatoms. The lowest BCUT2D eigenvalue weighted by Gasteiger charge is -2.07. The molecule has 0 fully saturated rings. The highest BCUT2D eigenvalue weighted by Crippen LogP contribution is 2.18. The number of aromatic nitrogens is 2. The van der Waals surface area contributed by atoms with Crippen molar-refractivity contribution in [3.05, 3.63) is 70.7 Å². The molecule has 0 atom stereocenters. The van der Waals surface area contributed by atoms with Crippen LogP contribution in [0.2, 0.25) is 0 Å². The van der Waals surface area contributed by atoms with Crippen molar-refractivity contribution < 1.29 is 13.9 Å². The molecule has 2 aromatic carbocycles. The molecule has 202 valence electrons. The molecule has 1 aromatic heterocycles. The highest BCUT2D eigenvalue weighted by molar-refractivity contribution is 5.38. The van der Waals surface area contributed by atoms with Crippen molar-refractivity contribution in [2.75, 3.05) is 6.61 Å². The highest BCUT2D eigenvalue weighted by Gasteiger charge is 2.12. The van der Waals surface area contributed by atoms with Crippen LogP contribution < -0.4 is 15.2 Å². The molecule has 0 unspecified atom stereocenters. The minimum absolute atomic E-state index is 0.00954. The molecule has 0 amide bonds. The first-order chi connectivity index (χ1) is 18.3. The van der Waals surface area contributed by atoms with Gasteiger partial charge < -0.3 is 13.9 Å². The van der Waals surface area contributed by atoms with Crippen molar-refractivity contribution in [1.29, 1.82) is 0 Å². The van der Waals surface area contributed by atoms with Crippen LogP contribution in [0.4, 0.5) is 0 Å². The van der Waals surface area contributed by atoms with Crippen molar-refractivity contribution in [3.8, 4) is 17.5 Å². The molecule has 0 saturated carbocycles. The number of ether oxygens (including phenoxy) is 2. The van der Waals surface area contributed by atoms with Crippen molar-refractivity contribution >= 4 is 0 Å². The summed E-state index contributed by atoms with van der Waals surface area (Å²) in [6.45, 7) is 3.22. The number of hydrogen-bond donors (Lipinski definition) is 0. The summed E-state index contributed by atoms with van der Waals surface area (Å²) in [4.78, 5) is 12.3. The van der Waals surface area contributed by atoms with E-state index in [2.05, 4.69) is 12.0 Å². The van der Waals surface area contributed by atoms with Crippen LogP contribution in [0.3, 0.4) is 0 Å². The van der Waals surface area contributed by atoms with Crippen molar-refractivity contribution in [2.45, 2.75) is 103 Å². The van der Waals surface area contributed by atoms with E-state index in [-0.39, 0.29) is 6.08 Å². The van der Waals surface area contributed by atoms with Crippen LogP contribution >= 0.6 is 0 Å². The maximum atomic E-state index is 12.3. The Bertz CT molecular complexity index is 1040. The first kappa shape index (κ1) is 28.5. The fourth-order valence-corrected chi connectivity index (χ4v) is 4.38. The maximum Gasteiger partial charge on any atom is 0.444 e. The summed E-state index contributed by atoms with van der Waals surface area (Å²) < 4.78 is 17.9. The Morgan fingerprint density at radius 2 is 1.35 bits per heavy atom. The van der Waals surface area contributed by atoms with E-state index in [1.165, 1.54) is 81.7 Å². The van der Waals surface area contributed by atoms with Crippen molar-refractivity contribution in [2.24, 2.45) is 0 Å². The second-order valence-electron chi connectivity index (χ2n) is 9.76. The Kier molecular flexibility index (Phi) is 13.5. The molecule has 3 aromatic rings. The molecule has 0 spiro atoms. The van der Waals surface area contributed by atoms with Crippen LogP contribution in [-0.4, -0.2) is 16.4 Å². The van der Waals surface area contributed by atoms with E-state index < -0.39 is 5.76 Å². The first-order valence-electron chi connectivity index (χ1n) is 14.3. The number of unbranched alkanes of at least 4 members (excludes halogenated alkanes) is 13. The lowest BCUT2D eigenvalue weighted by atomic mass is 10.0. The topological polar surface area (TPSA) is 66.5 Å². The lowest BCUT2D eigenvalue weighted by molar-refractivity contribution is 0.219. The predicted octanol–water partition coefficient (Wildman–Crippen LogP) is 8.26. The van der Waals surface area contributed by atoms with E-state index in [4.69, 9.17) is 13.9 Å². The smallest absolute Gasteiger partial charge is 0.444 e. The van der Waals surface area contributed by atoms with E-state index in [9.17, 15) is 4.79 Å². The van der Waals surface area contributed by atoms with Gasteiger partial charge in [-0.1, -0.05) is 132 Å². The Balaban J connectivity index is 1.27. The Morgan fingerprint density at radius 3 is 2.00 bits per heavy atom. The third-order valence-electron chi connectivity index (χ3n) is 6.56. The zero-order valence-corrected chi connectivity index (χ0v) is 22.5. The molecule has 1 heterocycles. The predicted molar refractivity (Wildman–Crippen MR) is 149 cm³/mol. The fraction of sp³-hybridized carbons (Fsp3) is 0.548. The first-order valence-corrected chi connectivity index (χ1v) is 14.3. The second-order valence-corrected chi connectivity index (χ2v) is 9.76. The average Bonchev–Trinajstić information content (AvgIpc) is 3.30. The zero-order chi connectivity index (χ0) is 26.0. The van der Waals surface area contributed by atoms with Crippen LogP contribution in [0.5, 0.6) is 11.8 Å². The third kappa shape index (κ3) is 11.3. The Hall–Kier alpha value is -3.02. The lowest BCUT2D eigenvalue weighted by Crippen LogP contribution is -2.13. The van der Waals surface area contributed by atoms with E-state index >= 15 is 0 Å². The number of rotatable bonds is 20. The van der Waals surface area contributed by atoms with Gasteiger partial charge in [-0.25, -0.2) is 4.79 Å². The second kappa shape index (κ2) is 17.4. The van der Waals surface area contributed by atoms with Crippen LogP contribution in [0.25, 0.3) is 5.69 Å². The largest absolute Gasteiger partial charge is 0.489 e. The van der Waals surface area contributed by atoms with Gasteiger partial charge in [-0.2, -0.15) is 4.68 Å². The molecule has 0 aliphatic carbocycles. The minimum atomic E-state index is -0.573. The summed E-state index contributed by atoms with van der Waals surface area (Å²) in [6.07, 6.45) is 18.4. The highest BCUT2D eigenvalue weighted by atomic mass is 16.6. The molecule has 37 heavy (non-hydrogen) atoms. The molecule has 0 saturated heterocycles. The van der Waals surface area contributed by atoms with Gasteiger partial charge in [-0.05, 0) is 24.1 Å². The van der Waals surface area contributed by atoms with Gasteiger partial charge in [-0.3, -0.25) is 0 Å². The molecule has 3 rings (SSSR count). The van der Waals surface area contributed by atoms with Crippen molar-refractivity contribution in [1.82, 2.24) is 9.78 Å². The van der Waals surface area contributed by atoms with Crippen LogP contribution in [0.15, 0.2) is 63.8 Å². The monoisotopic (exact) mass is 508 g/mol. The molecule has 0 N–H and O–H groups in total. The molecule has 0 aliphatic heterocycles. The van der Waals surface area contributed by atoms with Gasteiger partial charge in [0.25, 0.3) is 0 Å². The summed E-state index contributed by atoms with van der Waals surface area (Å²) >= 11 is 0. The number of hydrogen-bond acceptors (Lipinski definition) is 5. The SMILES string of the molecule is CCCCCCCCCCCCCCCCOc1nn(-c2cccc(OCc3ccccc3)c2)c(=O)o1. The summed E-state index contributed by atoms with van der Waals surface area (Å²) in [6, 6.07) is 17.2. The molecule has 0 aliphatic rings. The van der Waals surface area contributed by atoms with Gasteiger partial charge in [-0.15, -0.1) is 0 Å². The summed E-state index contributed by atoms with van der Waals surface area (Å²) in [5, 5.41) is 4.20. The van der Waals surface area contributed by atoms with Gasteiger partial charge >= 0.3 is 11.8 Å². The summed E-state index contributed by atoms with van der Waals surface area (Å²) in [5.74, 6) is 0.0808. The summed E-state index contributed by atoms with van der Waals surface area (Å²) in [5.41, 5.74) is 1.65. The molecular weight excluding hydrogens is 464 g/mol. The Labute approximate surface area is 222 Å². The third-order valence-corrected chi connectivity index (χ3v) is 6.56. The normalized spacial score (nSPS) is 11.1. The fourth-order valence-electron chi connectivity index (χ4n) is 4.38. The van der Waals surface area contributed by atoms with Crippen LogP contribution in [-0.2, 0) is 6.61 Å². The van der Waals surface area contributed by atoms with E-state index in [1.54, 1.807) is 12.1 Å². The average molecular weight is 509 g/mol. The van der Waals surface area contributed by atoms with Gasteiger partial charge in [0.15, 0.2) is 0 Å². The van der Waals surface area contributed by atoms with Gasteiger partial charge in [0.1, 0.15) is 12.4 Å². The van der Waals surface area contributed by atoms with E-state index in [1.807, 2.05) is 42.5 Å². The number of nitrogens with zero attached hydrogens (tertiary/aromatic N) is 2. The molecule has 0 bridgehead atoms. The quantitative estimate of drug-likeness (QED) is 0.144. The summed E-state index contributed by atoms with van der Waals surface area (Å²) in [7, 11) is 0. The van der Waals surface area contributed by atoms with Gasteiger partial charge in [0.2, 0.25) is 0 Å². The molecule has 6 nitrogen and oxygen atoms in total. The standard InChI is InChI=1S/C31H44N2O4/c1-2-3-4-5-6-7-8-9-10-11-12-13-14-18-24-35-30-32-33(31(34)37-30)28-22-19-23-29(25-28)36-26-27-20-16-15-17-21-27/h15-17,19-23,25H,2-14,18,24,26H2,1H3. The Morgan fingerprint density at radius 1 is 0.730 bits per heavy atom. The van der Waals surface area contributed by atoms with Crippen molar-refractivity contribution in [3.63, 3.8) is 0 Å². The van der Waals surface area contributed by atoms with Crippen LogP contribution in [0.1, 0.15) is 102 Å². The zero-order valence-electron chi connectivity index (χ0n) is 22.5. The van der Waals surface area contributed by atoms with Gasteiger partial charge in [0.05, 0.1) is 12.3 Å². The van der Waals surface area contributed by atoms with E-state index in [0.717, 1.165) is 18.4 Å². The number of benzene rings is 2. The van der Waals surface area contributed by atoms with Gasteiger partial charge in [0, 0.05) is 6.07 Å². The minimum Gasteiger partial charge on any atom is -0.489 e.